The molecule has 0 atom stereocenters. The Kier molecular flexibility index (Phi) is 2.37. The second kappa shape index (κ2) is 2.97. The van der Waals surface area contributed by atoms with Crippen LogP contribution in [0.4, 0.5) is 5.00 Å². The Morgan fingerprint density at radius 3 is 2.36 bits per heavy atom. The lowest BCUT2D eigenvalue weighted by Crippen LogP contribution is -2.09. The van der Waals surface area contributed by atoms with Gasteiger partial charge in [0, 0.05) is 10.4 Å². The maximum atomic E-state index is 5.83. The third-order valence-electron chi connectivity index (χ3n) is 1.30. The molecule has 0 bridgehead atoms. The zero-order valence-electron chi connectivity index (χ0n) is 5.85. The van der Waals surface area contributed by atoms with Crippen molar-refractivity contribution in [1.82, 2.24) is 0 Å². The molecule has 2 nitrogen and oxygen atoms in total. The number of thiophene rings is 1. The molecule has 5 heteroatoms. The number of halogens is 1. The van der Waals surface area contributed by atoms with E-state index in [9.17, 15) is 0 Å². The van der Waals surface area contributed by atoms with Crippen LogP contribution in [0.5, 0.6) is 0 Å². The van der Waals surface area contributed by atoms with E-state index < -0.39 is 0 Å². The van der Waals surface area contributed by atoms with Gasteiger partial charge in [0.2, 0.25) is 0 Å². The van der Waals surface area contributed by atoms with Gasteiger partial charge in [0.05, 0.1) is 5.02 Å². The predicted octanol–water partition coefficient (Wildman–Crippen LogP) is 1.93. The molecule has 1 aromatic heterocycles. The molecule has 0 spiro atoms. The van der Waals surface area contributed by atoms with Gasteiger partial charge in [-0.3, -0.25) is 0 Å². The molecule has 4 N–H and O–H groups in total. The first-order chi connectivity index (χ1) is 5.04. The van der Waals surface area contributed by atoms with Crippen molar-refractivity contribution in [2.24, 2.45) is 5.73 Å². The highest BCUT2D eigenvalue weighted by Gasteiger charge is 2.13. The van der Waals surface area contributed by atoms with Gasteiger partial charge < -0.3 is 11.5 Å². The second-order valence-corrected chi connectivity index (χ2v) is 4.15. The summed E-state index contributed by atoms with van der Waals surface area (Å²) in [6.45, 7) is 1.89. The first kappa shape index (κ1) is 8.77. The smallest absolute Gasteiger partial charge is 0.106 e. The second-order valence-electron chi connectivity index (χ2n) is 2.08. The SMILES string of the molecule is Cc1sc(N)c(Cl)c1C(N)=S. The summed E-state index contributed by atoms with van der Waals surface area (Å²) in [5.41, 5.74) is 11.7. The summed E-state index contributed by atoms with van der Waals surface area (Å²) >= 11 is 12.0. The first-order valence-corrected chi connectivity index (χ1v) is 4.48. The quantitative estimate of drug-likeness (QED) is 0.691. The van der Waals surface area contributed by atoms with Gasteiger partial charge in [-0.2, -0.15) is 0 Å². The van der Waals surface area contributed by atoms with Crippen LogP contribution < -0.4 is 11.5 Å². The van der Waals surface area contributed by atoms with Crippen molar-refractivity contribution in [3.8, 4) is 0 Å². The zero-order chi connectivity index (χ0) is 8.59. The summed E-state index contributed by atoms with van der Waals surface area (Å²) in [6, 6.07) is 0. The van der Waals surface area contributed by atoms with Crippen LogP contribution in [0.3, 0.4) is 0 Å². The van der Waals surface area contributed by atoms with Crippen LogP contribution >= 0.6 is 35.2 Å². The molecular weight excluding hydrogens is 200 g/mol. The summed E-state index contributed by atoms with van der Waals surface area (Å²) < 4.78 is 0. The van der Waals surface area contributed by atoms with Gasteiger partial charge in [0.15, 0.2) is 0 Å². The van der Waals surface area contributed by atoms with Crippen molar-refractivity contribution in [2.45, 2.75) is 6.92 Å². The summed E-state index contributed by atoms with van der Waals surface area (Å²) in [5.74, 6) is 0. The standard InChI is InChI=1S/C6H7ClN2S2/c1-2-3(5(8)10)4(7)6(9)11-2/h9H2,1H3,(H2,8,10). The third kappa shape index (κ3) is 1.47. The molecule has 0 aromatic carbocycles. The molecule has 11 heavy (non-hydrogen) atoms. The molecule has 0 radical (unpaired) electrons. The predicted molar refractivity (Wildman–Crippen MR) is 54.4 cm³/mol. The van der Waals surface area contributed by atoms with E-state index >= 15 is 0 Å². The normalized spacial score (nSPS) is 10.0. The lowest BCUT2D eigenvalue weighted by atomic mass is 10.2. The van der Waals surface area contributed by atoms with E-state index in [1.54, 1.807) is 0 Å². The van der Waals surface area contributed by atoms with Gasteiger partial charge in [0.25, 0.3) is 0 Å². The average molecular weight is 207 g/mol. The van der Waals surface area contributed by atoms with Gasteiger partial charge in [-0.1, -0.05) is 23.8 Å². The fourth-order valence-corrected chi connectivity index (χ4v) is 2.45. The number of aryl methyl sites for hydroxylation is 1. The minimum Gasteiger partial charge on any atom is -0.389 e. The van der Waals surface area contributed by atoms with Crippen molar-refractivity contribution >= 4 is 45.1 Å². The first-order valence-electron chi connectivity index (χ1n) is 2.88. The van der Waals surface area contributed by atoms with Crippen LogP contribution in [0.25, 0.3) is 0 Å². The van der Waals surface area contributed by atoms with Gasteiger partial charge >= 0.3 is 0 Å². The Balaban J connectivity index is 3.34. The lowest BCUT2D eigenvalue weighted by Gasteiger charge is -1.95. The minimum absolute atomic E-state index is 0.306. The summed E-state index contributed by atoms with van der Waals surface area (Å²) in [7, 11) is 0. The van der Waals surface area contributed by atoms with E-state index in [0.29, 0.717) is 20.6 Å². The van der Waals surface area contributed by atoms with E-state index in [1.165, 1.54) is 11.3 Å². The largest absolute Gasteiger partial charge is 0.389 e. The topological polar surface area (TPSA) is 52.0 Å². The average Bonchev–Trinajstić information content (AvgIpc) is 2.07. The van der Waals surface area contributed by atoms with Crippen molar-refractivity contribution in [3.63, 3.8) is 0 Å². The highest BCUT2D eigenvalue weighted by atomic mass is 35.5. The number of thiocarbonyl (C=S) groups is 1. The van der Waals surface area contributed by atoms with Gasteiger partial charge in [-0.15, -0.1) is 11.3 Å². The van der Waals surface area contributed by atoms with Gasteiger partial charge in [-0.25, -0.2) is 0 Å². The van der Waals surface area contributed by atoms with Crippen LogP contribution in [-0.2, 0) is 0 Å². The molecule has 0 aliphatic carbocycles. The molecule has 60 valence electrons. The van der Waals surface area contributed by atoms with Crippen molar-refractivity contribution in [1.29, 1.82) is 0 Å². The van der Waals surface area contributed by atoms with Crippen molar-refractivity contribution < 1.29 is 0 Å². The van der Waals surface area contributed by atoms with E-state index in [2.05, 4.69) is 0 Å². The van der Waals surface area contributed by atoms with Crippen molar-refractivity contribution in [2.75, 3.05) is 5.73 Å². The number of hydrogen-bond donors (Lipinski definition) is 2. The Hall–Kier alpha value is -0.320. The molecule has 0 aliphatic rings. The summed E-state index contributed by atoms with van der Waals surface area (Å²) in [6.07, 6.45) is 0. The van der Waals surface area contributed by atoms with E-state index in [1.807, 2.05) is 6.92 Å². The number of nitrogens with two attached hydrogens (primary N) is 2. The van der Waals surface area contributed by atoms with Crippen LogP contribution in [0, 0.1) is 6.92 Å². The molecule has 0 fully saturated rings. The van der Waals surface area contributed by atoms with E-state index in [0.717, 1.165) is 4.88 Å². The summed E-state index contributed by atoms with van der Waals surface area (Å²) in [4.78, 5) is 1.28. The van der Waals surface area contributed by atoms with E-state index in [-0.39, 0.29) is 0 Å². The molecule has 0 amide bonds. The molecule has 1 heterocycles. The van der Waals surface area contributed by atoms with Crippen LogP contribution in [0.1, 0.15) is 10.4 Å². The maximum Gasteiger partial charge on any atom is 0.106 e. The number of nitrogen functional groups attached to an aromatic ring is 1. The van der Waals surface area contributed by atoms with Crippen molar-refractivity contribution in [3.05, 3.63) is 15.5 Å². The Bertz CT molecular complexity index is 306. The number of anilines is 1. The Morgan fingerprint density at radius 1 is 1.64 bits per heavy atom. The maximum absolute atomic E-state index is 5.83. The molecule has 1 aromatic rings. The fraction of sp³-hybridized carbons (Fsp3) is 0.167. The molecular formula is C6H7ClN2S2. The molecule has 0 aliphatic heterocycles. The van der Waals surface area contributed by atoms with Crippen LogP contribution in [0.15, 0.2) is 0 Å². The minimum atomic E-state index is 0.306. The molecule has 1 rings (SSSR count). The fourth-order valence-electron chi connectivity index (χ4n) is 0.820. The van der Waals surface area contributed by atoms with Crippen LogP contribution in [-0.4, -0.2) is 4.99 Å². The van der Waals surface area contributed by atoms with Gasteiger partial charge in [-0.05, 0) is 6.92 Å². The highest BCUT2D eigenvalue weighted by molar-refractivity contribution is 7.80. The Morgan fingerprint density at radius 2 is 2.18 bits per heavy atom. The van der Waals surface area contributed by atoms with Crippen LogP contribution in [0.2, 0.25) is 5.02 Å². The number of rotatable bonds is 1. The highest BCUT2D eigenvalue weighted by Crippen LogP contribution is 2.34. The molecule has 0 unspecified atom stereocenters. The van der Waals surface area contributed by atoms with E-state index in [4.69, 9.17) is 35.3 Å². The molecule has 0 saturated carbocycles. The molecule has 0 saturated heterocycles. The zero-order valence-corrected chi connectivity index (χ0v) is 8.24. The lowest BCUT2D eigenvalue weighted by molar-refractivity contribution is 1.58. The summed E-state index contributed by atoms with van der Waals surface area (Å²) in [5, 5.41) is 1.06. The Labute approximate surface area is 79.1 Å². The number of hydrogen-bond acceptors (Lipinski definition) is 3. The monoisotopic (exact) mass is 206 g/mol. The third-order valence-corrected chi connectivity index (χ3v) is 2.94. The van der Waals surface area contributed by atoms with Gasteiger partial charge in [0.1, 0.15) is 9.99 Å².